The van der Waals surface area contributed by atoms with Gasteiger partial charge in [-0.1, -0.05) is 0 Å². The summed E-state index contributed by atoms with van der Waals surface area (Å²) in [4.78, 5) is 16.8. The molecule has 1 aliphatic heterocycles. The summed E-state index contributed by atoms with van der Waals surface area (Å²) in [5.74, 6) is 2.13. The number of nitrogens with zero attached hydrogens (tertiary/aromatic N) is 2. The second kappa shape index (κ2) is 9.41. The summed E-state index contributed by atoms with van der Waals surface area (Å²) in [6.45, 7) is 6.85. The van der Waals surface area contributed by atoms with Crippen molar-refractivity contribution in [3.05, 3.63) is 42.5 Å². The van der Waals surface area contributed by atoms with Crippen LogP contribution >= 0.6 is 0 Å². The van der Waals surface area contributed by atoms with Crippen molar-refractivity contribution in [2.75, 3.05) is 50.6 Å². The molecule has 0 aliphatic carbocycles. The lowest BCUT2D eigenvalue weighted by Crippen LogP contribution is -2.50. The zero-order valence-corrected chi connectivity index (χ0v) is 17.5. The molecule has 0 radical (unpaired) electrons. The van der Waals surface area contributed by atoms with E-state index in [0.717, 1.165) is 24.5 Å². The zero-order valence-electron chi connectivity index (χ0n) is 17.5. The van der Waals surface area contributed by atoms with Gasteiger partial charge in [0.15, 0.2) is 0 Å². The summed E-state index contributed by atoms with van der Waals surface area (Å²) in [6, 6.07) is 13.3. The Labute approximate surface area is 172 Å². The highest BCUT2D eigenvalue weighted by atomic mass is 16.5. The van der Waals surface area contributed by atoms with Crippen molar-refractivity contribution in [1.82, 2.24) is 4.90 Å². The van der Waals surface area contributed by atoms with Gasteiger partial charge in [-0.15, -0.1) is 0 Å². The molecule has 2 aromatic rings. The number of anilines is 2. The van der Waals surface area contributed by atoms with E-state index in [-0.39, 0.29) is 12.1 Å². The SMILES string of the molecule is COc1ccc(OC)c(NC(=O)N2CCN(c3ccc(OC(C)C)cc3)CC2)c1. The maximum absolute atomic E-state index is 12.7. The summed E-state index contributed by atoms with van der Waals surface area (Å²) in [5, 5.41) is 2.93. The number of rotatable bonds is 6. The van der Waals surface area contributed by atoms with Crippen LogP contribution in [0.3, 0.4) is 0 Å². The van der Waals surface area contributed by atoms with Crippen molar-refractivity contribution in [3.63, 3.8) is 0 Å². The summed E-state index contributed by atoms with van der Waals surface area (Å²) in [5.41, 5.74) is 1.73. The number of ether oxygens (including phenoxy) is 3. The number of benzene rings is 2. The number of hydrogen-bond donors (Lipinski definition) is 1. The van der Waals surface area contributed by atoms with Crippen LogP contribution in [0.1, 0.15) is 13.8 Å². The van der Waals surface area contributed by atoms with E-state index in [1.54, 1.807) is 32.4 Å². The average Bonchev–Trinajstić information content (AvgIpc) is 2.74. The van der Waals surface area contributed by atoms with E-state index in [4.69, 9.17) is 14.2 Å². The van der Waals surface area contributed by atoms with Crippen LogP contribution in [0.4, 0.5) is 16.2 Å². The molecule has 1 N–H and O–H groups in total. The van der Waals surface area contributed by atoms with Crippen LogP contribution in [0.25, 0.3) is 0 Å². The van der Waals surface area contributed by atoms with Gasteiger partial charge in [0.05, 0.1) is 26.0 Å². The van der Waals surface area contributed by atoms with Crippen LogP contribution in [-0.4, -0.2) is 57.4 Å². The Morgan fingerprint density at radius 1 is 0.931 bits per heavy atom. The number of hydrogen-bond acceptors (Lipinski definition) is 5. The number of carbonyl (C=O) groups excluding carboxylic acids is 1. The molecule has 3 rings (SSSR count). The predicted molar refractivity (Wildman–Crippen MR) is 115 cm³/mol. The molecule has 1 fully saturated rings. The maximum atomic E-state index is 12.7. The molecule has 0 atom stereocenters. The fraction of sp³-hybridized carbons (Fsp3) is 0.409. The minimum atomic E-state index is -0.142. The Bertz CT molecular complexity index is 815. The Morgan fingerprint density at radius 2 is 1.59 bits per heavy atom. The van der Waals surface area contributed by atoms with Crippen molar-refractivity contribution in [1.29, 1.82) is 0 Å². The fourth-order valence-electron chi connectivity index (χ4n) is 3.28. The topological polar surface area (TPSA) is 63.3 Å². The molecule has 2 amide bonds. The molecule has 0 spiro atoms. The van der Waals surface area contributed by atoms with Gasteiger partial charge in [-0.05, 0) is 50.2 Å². The largest absolute Gasteiger partial charge is 0.497 e. The number of urea groups is 1. The van der Waals surface area contributed by atoms with Crippen LogP contribution in [0.5, 0.6) is 17.2 Å². The number of methoxy groups -OCH3 is 2. The van der Waals surface area contributed by atoms with Crippen molar-refractivity contribution in [2.45, 2.75) is 20.0 Å². The van der Waals surface area contributed by atoms with Crippen molar-refractivity contribution in [2.24, 2.45) is 0 Å². The van der Waals surface area contributed by atoms with E-state index in [9.17, 15) is 4.79 Å². The van der Waals surface area contributed by atoms with E-state index in [1.165, 1.54) is 0 Å². The minimum Gasteiger partial charge on any atom is -0.497 e. The normalized spacial score (nSPS) is 14.0. The number of nitrogens with one attached hydrogen (secondary N) is 1. The summed E-state index contributed by atoms with van der Waals surface area (Å²) >= 11 is 0. The van der Waals surface area contributed by atoms with Crippen LogP contribution in [0.2, 0.25) is 0 Å². The Kier molecular flexibility index (Phi) is 6.69. The maximum Gasteiger partial charge on any atom is 0.322 e. The molecular weight excluding hydrogens is 370 g/mol. The van der Waals surface area contributed by atoms with Gasteiger partial charge in [0, 0.05) is 37.9 Å². The van der Waals surface area contributed by atoms with Crippen LogP contribution in [0.15, 0.2) is 42.5 Å². The molecule has 29 heavy (non-hydrogen) atoms. The molecule has 156 valence electrons. The lowest BCUT2D eigenvalue weighted by Gasteiger charge is -2.36. The summed E-state index contributed by atoms with van der Waals surface area (Å²) in [6.07, 6.45) is 0.158. The van der Waals surface area contributed by atoms with E-state index < -0.39 is 0 Å². The first-order valence-corrected chi connectivity index (χ1v) is 9.79. The van der Waals surface area contributed by atoms with E-state index in [2.05, 4.69) is 22.3 Å². The lowest BCUT2D eigenvalue weighted by molar-refractivity contribution is 0.208. The first kappa shape index (κ1) is 20.6. The molecule has 0 bridgehead atoms. The van der Waals surface area contributed by atoms with Crippen molar-refractivity contribution >= 4 is 17.4 Å². The molecule has 2 aromatic carbocycles. The van der Waals surface area contributed by atoms with Gasteiger partial charge in [0.1, 0.15) is 17.2 Å². The zero-order chi connectivity index (χ0) is 20.8. The molecule has 7 nitrogen and oxygen atoms in total. The fourth-order valence-corrected chi connectivity index (χ4v) is 3.28. The smallest absolute Gasteiger partial charge is 0.322 e. The summed E-state index contributed by atoms with van der Waals surface area (Å²) < 4.78 is 16.3. The van der Waals surface area contributed by atoms with Crippen molar-refractivity contribution < 1.29 is 19.0 Å². The first-order valence-electron chi connectivity index (χ1n) is 9.79. The first-order chi connectivity index (χ1) is 14.0. The third-order valence-corrected chi connectivity index (χ3v) is 4.79. The standard InChI is InChI=1S/C22H29N3O4/c1-16(2)29-18-7-5-17(6-8-18)24-11-13-25(14-12-24)22(26)23-20-15-19(27-3)9-10-21(20)28-4/h5-10,15-16H,11-14H2,1-4H3,(H,23,26). The molecule has 1 heterocycles. The number of piperazine rings is 1. The second-order valence-corrected chi connectivity index (χ2v) is 7.13. The van der Waals surface area contributed by atoms with Gasteiger partial charge in [-0.25, -0.2) is 4.79 Å². The van der Waals surface area contributed by atoms with Crippen LogP contribution in [-0.2, 0) is 0 Å². The highest BCUT2D eigenvalue weighted by Crippen LogP contribution is 2.29. The van der Waals surface area contributed by atoms with Gasteiger partial charge in [-0.2, -0.15) is 0 Å². The Morgan fingerprint density at radius 3 is 2.17 bits per heavy atom. The van der Waals surface area contributed by atoms with Gasteiger partial charge in [0.25, 0.3) is 0 Å². The molecule has 0 aromatic heterocycles. The highest BCUT2D eigenvalue weighted by molar-refractivity contribution is 5.91. The predicted octanol–water partition coefficient (Wildman–Crippen LogP) is 3.85. The van der Waals surface area contributed by atoms with E-state index in [0.29, 0.717) is 30.3 Å². The molecule has 1 saturated heterocycles. The van der Waals surface area contributed by atoms with Crippen LogP contribution in [0, 0.1) is 0 Å². The Balaban J connectivity index is 1.57. The quantitative estimate of drug-likeness (QED) is 0.800. The average molecular weight is 399 g/mol. The van der Waals surface area contributed by atoms with Crippen molar-refractivity contribution in [3.8, 4) is 17.2 Å². The van der Waals surface area contributed by atoms with E-state index in [1.807, 2.05) is 30.9 Å². The number of amides is 2. The molecule has 1 aliphatic rings. The lowest BCUT2D eigenvalue weighted by atomic mass is 10.2. The van der Waals surface area contributed by atoms with Gasteiger partial charge in [0.2, 0.25) is 0 Å². The number of carbonyl (C=O) groups is 1. The van der Waals surface area contributed by atoms with Gasteiger partial charge in [-0.3, -0.25) is 0 Å². The summed E-state index contributed by atoms with van der Waals surface area (Å²) in [7, 11) is 3.17. The molecule has 0 unspecified atom stereocenters. The van der Waals surface area contributed by atoms with Gasteiger partial charge < -0.3 is 29.3 Å². The van der Waals surface area contributed by atoms with E-state index >= 15 is 0 Å². The van der Waals surface area contributed by atoms with Gasteiger partial charge >= 0.3 is 6.03 Å². The third kappa shape index (κ3) is 5.25. The minimum absolute atomic E-state index is 0.142. The molecule has 7 heteroatoms. The Hall–Kier alpha value is -3.09. The second-order valence-electron chi connectivity index (χ2n) is 7.13. The molecular formula is C22H29N3O4. The highest BCUT2D eigenvalue weighted by Gasteiger charge is 2.22. The third-order valence-electron chi connectivity index (χ3n) is 4.79. The molecule has 0 saturated carbocycles. The van der Waals surface area contributed by atoms with Crippen LogP contribution < -0.4 is 24.4 Å². The monoisotopic (exact) mass is 399 g/mol.